The Bertz CT molecular complexity index is 2870. The van der Waals surface area contributed by atoms with Crippen LogP contribution in [0.5, 0.6) is 0 Å². The highest BCUT2D eigenvalue weighted by Gasteiger charge is 2.17. The van der Waals surface area contributed by atoms with Gasteiger partial charge in [-0.25, -0.2) is 15.0 Å². The summed E-state index contributed by atoms with van der Waals surface area (Å²) < 4.78 is 8.46. The second kappa shape index (κ2) is 11.4. The Kier molecular flexibility index (Phi) is 6.42. The van der Waals surface area contributed by atoms with Crippen LogP contribution in [0.2, 0.25) is 0 Å². The predicted octanol–water partition coefficient (Wildman–Crippen LogP) is 11.5. The van der Waals surface area contributed by atoms with E-state index in [0.29, 0.717) is 17.5 Å². The van der Waals surface area contributed by atoms with Gasteiger partial charge in [-0.3, -0.25) is 0 Å². The zero-order valence-corrected chi connectivity index (χ0v) is 26.9. The Hall–Kier alpha value is -6.85. The summed E-state index contributed by atoms with van der Waals surface area (Å²) in [6.45, 7) is 0. The average molecular weight is 641 g/mol. The number of hydrogen-bond donors (Lipinski definition) is 0. The fourth-order valence-electron chi connectivity index (χ4n) is 7.06. The molecule has 10 rings (SSSR count). The van der Waals surface area contributed by atoms with E-state index in [-0.39, 0.29) is 0 Å². The van der Waals surface area contributed by atoms with Crippen LogP contribution in [-0.2, 0) is 0 Å². The van der Waals surface area contributed by atoms with Crippen molar-refractivity contribution in [2.75, 3.05) is 0 Å². The van der Waals surface area contributed by atoms with Crippen LogP contribution < -0.4 is 0 Å². The summed E-state index contributed by atoms with van der Waals surface area (Å²) in [5, 5.41) is 4.52. The van der Waals surface area contributed by atoms with E-state index in [0.717, 1.165) is 55.3 Å². The van der Waals surface area contributed by atoms with Gasteiger partial charge >= 0.3 is 0 Å². The summed E-state index contributed by atoms with van der Waals surface area (Å²) in [5.41, 5.74) is 10.1. The van der Waals surface area contributed by atoms with E-state index in [4.69, 9.17) is 19.4 Å². The van der Waals surface area contributed by atoms with Crippen LogP contribution >= 0.6 is 0 Å². The molecule has 7 aromatic carbocycles. The maximum atomic E-state index is 6.12. The number of benzene rings is 7. The summed E-state index contributed by atoms with van der Waals surface area (Å²) in [4.78, 5) is 15.2. The third-order valence-corrected chi connectivity index (χ3v) is 9.45. The first-order valence-electron chi connectivity index (χ1n) is 16.7. The minimum atomic E-state index is 0.607. The van der Waals surface area contributed by atoms with Crippen molar-refractivity contribution >= 4 is 43.7 Å². The second-order valence-corrected chi connectivity index (χ2v) is 12.5. The van der Waals surface area contributed by atoms with Gasteiger partial charge in [0.25, 0.3) is 0 Å². The van der Waals surface area contributed by atoms with Crippen LogP contribution in [0.4, 0.5) is 0 Å². The molecule has 10 aromatic rings. The Balaban J connectivity index is 1.16. The van der Waals surface area contributed by atoms with Crippen molar-refractivity contribution in [3.8, 4) is 51.0 Å². The van der Waals surface area contributed by atoms with Crippen molar-refractivity contribution in [1.29, 1.82) is 0 Å². The summed E-state index contributed by atoms with van der Waals surface area (Å²) in [5.74, 6) is 1.84. The van der Waals surface area contributed by atoms with Crippen LogP contribution in [-0.4, -0.2) is 19.5 Å². The molecule has 0 saturated heterocycles. The van der Waals surface area contributed by atoms with E-state index in [1.54, 1.807) is 0 Å². The number of furan rings is 1. The topological polar surface area (TPSA) is 56.7 Å². The van der Waals surface area contributed by atoms with Crippen LogP contribution in [0.15, 0.2) is 174 Å². The van der Waals surface area contributed by atoms with Gasteiger partial charge < -0.3 is 8.98 Å². The van der Waals surface area contributed by atoms with Crippen molar-refractivity contribution < 1.29 is 4.42 Å². The molecule has 0 saturated carbocycles. The van der Waals surface area contributed by atoms with Gasteiger partial charge in [-0.2, -0.15) is 0 Å². The molecule has 234 valence electrons. The molecule has 0 aliphatic carbocycles. The molecule has 0 bridgehead atoms. The standard InChI is InChI=1S/C45H28N4O/c1-3-12-29(13-4-1)31-22-24-36-35-18-7-9-20-39(35)49(40(36)28-31)34-17-11-16-32(26-34)44-46-43(30-14-5-2-6-15-30)47-45(48-44)33-23-25-42-38(27-33)37-19-8-10-21-41(37)50-42/h1-28H. The maximum Gasteiger partial charge on any atom is 0.164 e. The highest BCUT2D eigenvalue weighted by Crippen LogP contribution is 2.36. The lowest BCUT2D eigenvalue weighted by Gasteiger charge is -2.12. The van der Waals surface area contributed by atoms with Gasteiger partial charge in [-0.05, 0) is 59.7 Å². The Labute approximate surface area is 287 Å². The Morgan fingerprint density at radius 3 is 1.72 bits per heavy atom. The minimum Gasteiger partial charge on any atom is -0.456 e. The van der Waals surface area contributed by atoms with Gasteiger partial charge in [-0.15, -0.1) is 0 Å². The zero-order chi connectivity index (χ0) is 33.0. The lowest BCUT2D eigenvalue weighted by molar-refractivity contribution is 0.669. The van der Waals surface area contributed by atoms with Gasteiger partial charge in [0.2, 0.25) is 0 Å². The van der Waals surface area contributed by atoms with Gasteiger partial charge in [-0.1, -0.05) is 121 Å². The fourth-order valence-corrected chi connectivity index (χ4v) is 7.06. The molecule has 0 spiro atoms. The number of hydrogen-bond acceptors (Lipinski definition) is 4. The summed E-state index contributed by atoms with van der Waals surface area (Å²) in [7, 11) is 0. The van der Waals surface area contributed by atoms with Crippen molar-refractivity contribution in [1.82, 2.24) is 19.5 Å². The van der Waals surface area contributed by atoms with Gasteiger partial charge in [0.05, 0.1) is 11.0 Å². The number of nitrogens with zero attached hydrogens (tertiary/aromatic N) is 4. The lowest BCUT2D eigenvalue weighted by atomic mass is 10.0. The van der Waals surface area contributed by atoms with Crippen molar-refractivity contribution in [3.05, 3.63) is 170 Å². The average Bonchev–Trinajstić information content (AvgIpc) is 3.73. The van der Waals surface area contributed by atoms with E-state index in [1.807, 2.05) is 60.7 Å². The zero-order valence-electron chi connectivity index (χ0n) is 26.9. The minimum absolute atomic E-state index is 0.607. The van der Waals surface area contributed by atoms with Crippen LogP contribution in [0.1, 0.15) is 0 Å². The van der Waals surface area contributed by atoms with Gasteiger partial charge in [0.15, 0.2) is 17.5 Å². The molecule has 0 N–H and O–H groups in total. The molecule has 0 aliphatic heterocycles. The molecule has 0 radical (unpaired) electrons. The summed E-state index contributed by atoms with van der Waals surface area (Å²) >= 11 is 0. The monoisotopic (exact) mass is 640 g/mol. The molecule has 0 fully saturated rings. The number of fused-ring (bicyclic) bond motifs is 6. The highest BCUT2D eigenvalue weighted by atomic mass is 16.3. The van der Waals surface area contributed by atoms with E-state index in [9.17, 15) is 0 Å². The number of rotatable bonds is 5. The van der Waals surface area contributed by atoms with Crippen LogP contribution in [0.3, 0.4) is 0 Å². The van der Waals surface area contributed by atoms with Crippen molar-refractivity contribution in [2.45, 2.75) is 0 Å². The molecule has 0 atom stereocenters. The highest BCUT2D eigenvalue weighted by molar-refractivity contribution is 6.10. The molecular weight excluding hydrogens is 613 g/mol. The first-order valence-corrected chi connectivity index (χ1v) is 16.7. The molecule has 3 aromatic heterocycles. The molecule has 50 heavy (non-hydrogen) atoms. The Morgan fingerprint density at radius 1 is 0.340 bits per heavy atom. The largest absolute Gasteiger partial charge is 0.456 e. The second-order valence-electron chi connectivity index (χ2n) is 12.5. The molecule has 0 unspecified atom stereocenters. The molecule has 0 aliphatic rings. The Morgan fingerprint density at radius 2 is 0.920 bits per heavy atom. The molecule has 5 nitrogen and oxygen atoms in total. The van der Waals surface area contributed by atoms with Crippen LogP contribution in [0, 0.1) is 0 Å². The number of para-hydroxylation sites is 2. The summed E-state index contributed by atoms with van der Waals surface area (Å²) in [6.07, 6.45) is 0. The SMILES string of the molecule is c1ccc(-c2ccc3c4ccccc4n(-c4cccc(-c5nc(-c6ccccc6)nc(-c6ccc7oc8ccccc8c7c6)n5)c4)c3c2)cc1. The van der Waals surface area contributed by atoms with E-state index in [2.05, 4.69) is 114 Å². The molecule has 3 heterocycles. The normalized spacial score (nSPS) is 11.6. The maximum absolute atomic E-state index is 6.12. The van der Waals surface area contributed by atoms with Gasteiger partial charge in [0, 0.05) is 43.9 Å². The third-order valence-electron chi connectivity index (χ3n) is 9.45. The van der Waals surface area contributed by atoms with Crippen LogP contribution in [0.25, 0.3) is 94.7 Å². The summed E-state index contributed by atoms with van der Waals surface area (Å²) in [6, 6.07) is 58.7. The predicted molar refractivity (Wildman–Crippen MR) is 203 cm³/mol. The van der Waals surface area contributed by atoms with Crippen molar-refractivity contribution in [2.24, 2.45) is 0 Å². The third kappa shape index (κ3) is 4.67. The quantitative estimate of drug-likeness (QED) is 0.188. The smallest absolute Gasteiger partial charge is 0.164 e. The number of aromatic nitrogens is 4. The van der Waals surface area contributed by atoms with Crippen molar-refractivity contribution in [3.63, 3.8) is 0 Å². The van der Waals surface area contributed by atoms with E-state index < -0.39 is 0 Å². The fraction of sp³-hybridized carbons (Fsp3) is 0. The molecule has 0 amide bonds. The van der Waals surface area contributed by atoms with E-state index in [1.165, 1.54) is 21.9 Å². The first kappa shape index (κ1) is 28.2. The van der Waals surface area contributed by atoms with Gasteiger partial charge in [0.1, 0.15) is 11.2 Å². The van der Waals surface area contributed by atoms with E-state index >= 15 is 0 Å². The molecular formula is C45H28N4O. The molecule has 5 heteroatoms. The lowest BCUT2D eigenvalue weighted by Crippen LogP contribution is -2.01. The first-order chi connectivity index (χ1) is 24.8.